The number of nitrogens with zero attached hydrogens (tertiary/aromatic N) is 1. The van der Waals surface area contributed by atoms with Crippen LogP contribution in [0.15, 0.2) is 103 Å². The first-order chi connectivity index (χ1) is 18.1. The van der Waals surface area contributed by atoms with Crippen LogP contribution in [0.3, 0.4) is 0 Å². The zero-order valence-corrected chi connectivity index (χ0v) is 20.4. The van der Waals surface area contributed by atoms with Crippen LogP contribution in [0.1, 0.15) is 55.3 Å². The van der Waals surface area contributed by atoms with E-state index in [-0.39, 0.29) is 18.1 Å². The Hall–Kier alpha value is -4.51. The fourth-order valence-electron chi connectivity index (χ4n) is 6.04. The predicted molar refractivity (Wildman–Crippen MR) is 141 cm³/mol. The minimum Gasteiger partial charge on any atom is -0.465 e. The largest absolute Gasteiger partial charge is 0.465 e. The summed E-state index contributed by atoms with van der Waals surface area (Å²) in [5, 5.41) is 0. The summed E-state index contributed by atoms with van der Waals surface area (Å²) in [6.45, 7) is 0.433. The van der Waals surface area contributed by atoms with E-state index >= 15 is 0 Å². The maximum atomic E-state index is 14.8. The van der Waals surface area contributed by atoms with E-state index in [1.165, 1.54) is 7.11 Å². The highest BCUT2D eigenvalue weighted by atomic mass is 16.5. The highest BCUT2D eigenvalue weighted by molar-refractivity contribution is 6.15. The third-order valence-corrected chi connectivity index (χ3v) is 7.68. The monoisotopic (exact) mass is 487 g/mol. The normalized spacial score (nSPS) is 20.0. The number of benzene rings is 4. The van der Waals surface area contributed by atoms with Gasteiger partial charge in [0.2, 0.25) is 5.91 Å². The zero-order chi connectivity index (χ0) is 25.6. The molecule has 1 heterocycles. The number of amides is 1. The predicted octanol–water partition coefficient (Wildman–Crippen LogP) is 5.68. The van der Waals surface area contributed by atoms with Gasteiger partial charge in [0.25, 0.3) is 0 Å². The van der Waals surface area contributed by atoms with Crippen LogP contribution >= 0.6 is 0 Å². The molecule has 1 aliphatic heterocycles. The number of carbonyl (C=O) groups is 3. The second-order valence-electron chi connectivity index (χ2n) is 9.54. The van der Waals surface area contributed by atoms with Gasteiger partial charge < -0.3 is 9.64 Å². The second-order valence-corrected chi connectivity index (χ2v) is 9.54. The summed E-state index contributed by atoms with van der Waals surface area (Å²) < 4.78 is 4.86. The molecule has 5 heteroatoms. The molecule has 37 heavy (non-hydrogen) atoms. The topological polar surface area (TPSA) is 63.7 Å². The Balaban J connectivity index is 1.58. The van der Waals surface area contributed by atoms with Gasteiger partial charge in [-0.3, -0.25) is 9.59 Å². The second kappa shape index (κ2) is 8.86. The van der Waals surface area contributed by atoms with Crippen molar-refractivity contribution in [3.8, 4) is 0 Å². The van der Waals surface area contributed by atoms with Crippen LogP contribution in [0.25, 0.3) is 0 Å². The Bertz CT molecular complexity index is 1530. The molecule has 1 spiro atoms. The molecule has 0 aromatic heterocycles. The fourth-order valence-corrected chi connectivity index (χ4v) is 6.04. The standard InChI is InChI=1S/C32H25NO4/c1-37-30(35)23-17-15-22(16-18-23)27-19-29(34)24-11-5-6-12-25(24)32(27)26-13-7-8-14-28(26)33(31(32)36)20-21-9-3-2-4-10-21/h2-18,27H,19-20H2,1H3/t27-,32?/m0/s1. The van der Waals surface area contributed by atoms with Gasteiger partial charge in [-0.25, -0.2) is 4.79 Å². The molecule has 4 aromatic carbocycles. The van der Waals surface area contributed by atoms with Crippen molar-refractivity contribution in [3.63, 3.8) is 0 Å². The molecule has 182 valence electrons. The molecule has 0 bridgehead atoms. The number of anilines is 1. The summed E-state index contributed by atoms with van der Waals surface area (Å²) in [6, 6.07) is 32.4. The van der Waals surface area contributed by atoms with Crippen molar-refractivity contribution in [2.75, 3.05) is 12.0 Å². The van der Waals surface area contributed by atoms with E-state index in [1.54, 1.807) is 12.1 Å². The first-order valence-electron chi connectivity index (χ1n) is 12.3. The number of rotatable bonds is 4. The van der Waals surface area contributed by atoms with Gasteiger partial charge in [-0.2, -0.15) is 0 Å². The zero-order valence-electron chi connectivity index (χ0n) is 20.4. The maximum absolute atomic E-state index is 14.8. The van der Waals surface area contributed by atoms with Gasteiger partial charge in [-0.1, -0.05) is 84.9 Å². The average Bonchev–Trinajstić information content (AvgIpc) is 3.19. The van der Waals surface area contributed by atoms with E-state index < -0.39 is 17.3 Å². The maximum Gasteiger partial charge on any atom is 0.337 e. The summed E-state index contributed by atoms with van der Waals surface area (Å²) >= 11 is 0. The van der Waals surface area contributed by atoms with E-state index in [9.17, 15) is 14.4 Å². The number of esters is 1. The van der Waals surface area contributed by atoms with Gasteiger partial charge in [-0.15, -0.1) is 0 Å². The lowest BCUT2D eigenvalue weighted by molar-refractivity contribution is -0.122. The molecule has 6 rings (SSSR count). The quantitative estimate of drug-likeness (QED) is 0.348. The Morgan fingerprint density at radius 3 is 2.22 bits per heavy atom. The molecule has 0 fully saturated rings. The number of ketones is 1. The lowest BCUT2D eigenvalue weighted by atomic mass is 9.58. The number of methoxy groups -OCH3 is 1. The van der Waals surface area contributed by atoms with Crippen LogP contribution in [0.4, 0.5) is 5.69 Å². The Morgan fingerprint density at radius 2 is 1.49 bits per heavy atom. The van der Waals surface area contributed by atoms with Crippen LogP contribution in [-0.4, -0.2) is 24.8 Å². The van der Waals surface area contributed by atoms with Crippen molar-refractivity contribution in [1.29, 1.82) is 0 Å². The SMILES string of the molecule is COC(=O)c1ccc([C@@H]2CC(=O)c3ccccc3C23C(=O)N(Cc2ccccc2)c2ccccc23)cc1. The summed E-state index contributed by atoms with van der Waals surface area (Å²) in [4.78, 5) is 42.1. The van der Waals surface area contributed by atoms with Crippen molar-refractivity contribution in [1.82, 2.24) is 0 Å². The molecule has 0 N–H and O–H groups in total. The number of para-hydroxylation sites is 1. The minimum atomic E-state index is -1.07. The van der Waals surface area contributed by atoms with E-state index in [0.29, 0.717) is 17.7 Å². The van der Waals surface area contributed by atoms with Gasteiger partial charge >= 0.3 is 5.97 Å². The molecule has 1 amide bonds. The van der Waals surface area contributed by atoms with Crippen LogP contribution in [0.5, 0.6) is 0 Å². The highest BCUT2D eigenvalue weighted by Crippen LogP contribution is 2.58. The van der Waals surface area contributed by atoms with Gasteiger partial charge in [0.1, 0.15) is 5.41 Å². The first-order valence-corrected chi connectivity index (χ1v) is 12.3. The molecule has 4 aromatic rings. The van der Waals surface area contributed by atoms with Crippen molar-refractivity contribution in [3.05, 3.63) is 137 Å². The lowest BCUT2D eigenvalue weighted by Crippen LogP contribution is -2.49. The molecule has 2 aliphatic rings. The summed E-state index contributed by atoms with van der Waals surface area (Å²) in [7, 11) is 1.34. The third kappa shape index (κ3) is 3.42. The number of hydrogen-bond acceptors (Lipinski definition) is 4. The number of fused-ring (bicyclic) bond motifs is 4. The first kappa shape index (κ1) is 22.9. The molecule has 0 saturated carbocycles. The molecular formula is C32H25NO4. The van der Waals surface area contributed by atoms with Crippen LogP contribution < -0.4 is 4.90 Å². The molecular weight excluding hydrogens is 462 g/mol. The van der Waals surface area contributed by atoms with Crippen LogP contribution in [0, 0.1) is 0 Å². The summed E-state index contributed by atoms with van der Waals surface area (Å²) in [5.74, 6) is -0.895. The average molecular weight is 488 g/mol. The molecule has 5 nitrogen and oxygen atoms in total. The van der Waals surface area contributed by atoms with Crippen molar-refractivity contribution in [2.45, 2.75) is 24.3 Å². The Labute approximate surface area is 215 Å². The van der Waals surface area contributed by atoms with E-state index in [1.807, 2.05) is 95.9 Å². The van der Waals surface area contributed by atoms with Crippen LogP contribution in [0.2, 0.25) is 0 Å². The van der Waals surface area contributed by atoms with Gasteiger partial charge in [0.15, 0.2) is 5.78 Å². The van der Waals surface area contributed by atoms with Gasteiger partial charge in [-0.05, 0) is 40.5 Å². The number of carbonyl (C=O) groups excluding carboxylic acids is 3. The van der Waals surface area contributed by atoms with Gasteiger partial charge in [0, 0.05) is 23.6 Å². The molecule has 1 aliphatic carbocycles. The minimum absolute atomic E-state index is 0.00931. The Kier molecular flexibility index (Phi) is 5.49. The summed E-state index contributed by atoms with van der Waals surface area (Å²) in [5.41, 5.74) is 4.31. The van der Waals surface area contributed by atoms with E-state index in [0.717, 1.165) is 27.9 Å². The fraction of sp³-hybridized carbons (Fsp3) is 0.156. The number of Topliss-reactive ketones (excluding diaryl/α,β-unsaturated/α-hetero) is 1. The number of hydrogen-bond donors (Lipinski definition) is 0. The van der Waals surface area contributed by atoms with Crippen molar-refractivity contribution >= 4 is 23.3 Å². The smallest absolute Gasteiger partial charge is 0.337 e. The third-order valence-electron chi connectivity index (χ3n) is 7.68. The number of ether oxygens (including phenoxy) is 1. The molecule has 0 saturated heterocycles. The Morgan fingerprint density at radius 1 is 0.838 bits per heavy atom. The molecule has 0 radical (unpaired) electrons. The lowest BCUT2D eigenvalue weighted by Gasteiger charge is -2.41. The molecule has 1 unspecified atom stereocenters. The van der Waals surface area contributed by atoms with Crippen LogP contribution in [-0.2, 0) is 21.5 Å². The summed E-state index contributed by atoms with van der Waals surface area (Å²) in [6.07, 6.45) is 0.188. The van der Waals surface area contributed by atoms with E-state index in [2.05, 4.69) is 0 Å². The highest BCUT2D eigenvalue weighted by Gasteiger charge is 2.60. The van der Waals surface area contributed by atoms with Crippen molar-refractivity contribution in [2.24, 2.45) is 0 Å². The van der Waals surface area contributed by atoms with Gasteiger partial charge in [0.05, 0.1) is 19.2 Å². The van der Waals surface area contributed by atoms with Crippen molar-refractivity contribution < 1.29 is 19.1 Å². The molecule has 2 atom stereocenters. The van der Waals surface area contributed by atoms with E-state index in [4.69, 9.17) is 4.74 Å².